The van der Waals surface area contributed by atoms with Crippen LogP contribution >= 0.6 is 0 Å². The zero-order valence-electron chi connectivity index (χ0n) is 11.4. The maximum absolute atomic E-state index is 12.5. The minimum atomic E-state index is -0.00231. The molecule has 1 aliphatic heterocycles. The number of nitrogens with zero attached hydrogens (tertiary/aromatic N) is 4. The largest absolute Gasteiger partial charge is 0.372 e. The molecule has 0 atom stereocenters. The number of benzene rings is 1. The summed E-state index contributed by atoms with van der Waals surface area (Å²) < 4.78 is 9.06. The molecular weight excluding hydrogens is 268 g/mol. The van der Waals surface area contributed by atoms with E-state index in [9.17, 15) is 4.79 Å². The van der Waals surface area contributed by atoms with E-state index in [0.29, 0.717) is 19.8 Å². The molecule has 3 aromatic rings. The van der Waals surface area contributed by atoms with Gasteiger partial charge in [-0.3, -0.25) is 4.79 Å². The van der Waals surface area contributed by atoms with E-state index >= 15 is 0 Å². The molecule has 1 aromatic carbocycles. The van der Waals surface area contributed by atoms with Gasteiger partial charge in [-0.2, -0.15) is 0 Å². The third-order valence-electron chi connectivity index (χ3n) is 3.79. The van der Waals surface area contributed by atoms with Crippen LogP contribution in [0.5, 0.6) is 0 Å². The van der Waals surface area contributed by atoms with Gasteiger partial charge in [0.05, 0.1) is 13.2 Å². The number of hydrogen-bond donors (Lipinski definition) is 0. The summed E-state index contributed by atoms with van der Waals surface area (Å²) in [7, 11) is 0. The van der Waals surface area contributed by atoms with Crippen molar-refractivity contribution in [2.45, 2.75) is 19.7 Å². The van der Waals surface area contributed by atoms with Crippen LogP contribution in [0.25, 0.3) is 10.8 Å². The van der Waals surface area contributed by atoms with Gasteiger partial charge in [0.25, 0.3) is 5.56 Å². The highest BCUT2D eigenvalue weighted by molar-refractivity contribution is 5.81. The molecule has 0 radical (unpaired) electrons. The molecule has 0 amide bonds. The summed E-state index contributed by atoms with van der Waals surface area (Å²) in [5, 5.41) is 9.98. The minimum absolute atomic E-state index is 0.00231. The second kappa shape index (κ2) is 4.82. The number of fused-ring (bicyclic) bond motifs is 2. The van der Waals surface area contributed by atoms with Crippen molar-refractivity contribution in [1.29, 1.82) is 0 Å². The number of hydrogen-bond acceptors (Lipinski definition) is 4. The quantitative estimate of drug-likeness (QED) is 0.708. The van der Waals surface area contributed by atoms with Crippen LogP contribution in [-0.4, -0.2) is 25.9 Å². The highest BCUT2D eigenvalue weighted by Crippen LogP contribution is 2.12. The molecule has 0 aliphatic carbocycles. The molecule has 0 bridgehead atoms. The minimum Gasteiger partial charge on any atom is -0.372 e. The molecular formula is C15H14N4O2. The fourth-order valence-corrected chi connectivity index (χ4v) is 2.68. The van der Waals surface area contributed by atoms with Crippen molar-refractivity contribution >= 4 is 10.8 Å². The predicted molar refractivity (Wildman–Crippen MR) is 77.0 cm³/mol. The Morgan fingerprint density at radius 2 is 2.10 bits per heavy atom. The van der Waals surface area contributed by atoms with Crippen LogP contribution in [-0.2, 0) is 24.4 Å². The van der Waals surface area contributed by atoms with E-state index in [1.54, 1.807) is 4.57 Å². The first kappa shape index (κ1) is 12.3. The first-order valence-corrected chi connectivity index (χ1v) is 6.90. The van der Waals surface area contributed by atoms with Crippen LogP contribution in [0.15, 0.2) is 41.3 Å². The van der Waals surface area contributed by atoms with Crippen molar-refractivity contribution in [3.8, 4) is 0 Å². The van der Waals surface area contributed by atoms with Gasteiger partial charge in [-0.25, -0.2) is 0 Å². The Labute approximate surface area is 120 Å². The van der Waals surface area contributed by atoms with Crippen LogP contribution in [0, 0.1) is 0 Å². The van der Waals surface area contributed by atoms with Crippen molar-refractivity contribution in [1.82, 2.24) is 19.3 Å². The smallest absolute Gasteiger partial charge is 0.258 e. The van der Waals surface area contributed by atoms with Crippen molar-refractivity contribution in [3.63, 3.8) is 0 Å². The number of ether oxygens (including phenoxy) is 1. The van der Waals surface area contributed by atoms with Gasteiger partial charge in [0.1, 0.15) is 6.61 Å². The highest BCUT2D eigenvalue weighted by atomic mass is 16.5. The molecule has 4 rings (SSSR count). The molecule has 0 fully saturated rings. The van der Waals surface area contributed by atoms with Gasteiger partial charge >= 0.3 is 0 Å². The van der Waals surface area contributed by atoms with Gasteiger partial charge in [0.15, 0.2) is 11.6 Å². The van der Waals surface area contributed by atoms with E-state index in [-0.39, 0.29) is 5.56 Å². The average Bonchev–Trinajstić information content (AvgIpc) is 2.94. The van der Waals surface area contributed by atoms with Crippen molar-refractivity contribution < 1.29 is 4.74 Å². The number of aromatic nitrogens is 4. The third kappa shape index (κ3) is 2.04. The molecule has 6 heteroatoms. The summed E-state index contributed by atoms with van der Waals surface area (Å²) in [5.41, 5.74) is -0.00231. The Morgan fingerprint density at radius 3 is 3.05 bits per heavy atom. The lowest BCUT2D eigenvalue weighted by molar-refractivity contribution is 0.0805. The highest BCUT2D eigenvalue weighted by Gasteiger charge is 2.16. The molecule has 0 spiro atoms. The molecule has 1 aliphatic rings. The summed E-state index contributed by atoms with van der Waals surface area (Å²) in [5.74, 6) is 1.62. The van der Waals surface area contributed by atoms with E-state index in [0.717, 1.165) is 29.0 Å². The Hall–Kier alpha value is -2.47. The molecule has 6 nitrogen and oxygen atoms in total. The van der Waals surface area contributed by atoms with Gasteiger partial charge in [-0.15, -0.1) is 10.2 Å². The van der Waals surface area contributed by atoms with Crippen LogP contribution < -0.4 is 5.56 Å². The summed E-state index contributed by atoms with van der Waals surface area (Å²) in [6.07, 6.45) is 1.81. The Morgan fingerprint density at radius 1 is 1.19 bits per heavy atom. The standard InChI is InChI=1S/C15H14N4O2/c20-15-12-4-2-1-3-11(12)5-6-18(15)9-13-16-17-14-10-21-8-7-19(13)14/h1-6H,7-10H2. The van der Waals surface area contributed by atoms with E-state index < -0.39 is 0 Å². The first-order valence-electron chi connectivity index (χ1n) is 6.90. The van der Waals surface area contributed by atoms with Crippen LogP contribution in [0.2, 0.25) is 0 Å². The van der Waals surface area contributed by atoms with Gasteiger partial charge in [0, 0.05) is 18.1 Å². The lowest BCUT2D eigenvalue weighted by Gasteiger charge is -2.15. The fraction of sp³-hybridized carbons (Fsp3) is 0.267. The molecule has 0 unspecified atom stereocenters. The Bertz CT molecular complexity index is 865. The van der Waals surface area contributed by atoms with Gasteiger partial charge < -0.3 is 13.9 Å². The normalized spacial score (nSPS) is 14.3. The van der Waals surface area contributed by atoms with Crippen LogP contribution in [0.4, 0.5) is 0 Å². The maximum Gasteiger partial charge on any atom is 0.258 e. The van der Waals surface area contributed by atoms with Gasteiger partial charge in [0.2, 0.25) is 0 Å². The topological polar surface area (TPSA) is 61.9 Å². The third-order valence-corrected chi connectivity index (χ3v) is 3.79. The van der Waals surface area contributed by atoms with Crippen molar-refractivity contribution in [3.05, 3.63) is 58.5 Å². The molecule has 3 heterocycles. The van der Waals surface area contributed by atoms with E-state index in [4.69, 9.17) is 4.74 Å². The zero-order valence-corrected chi connectivity index (χ0v) is 11.4. The second-order valence-corrected chi connectivity index (χ2v) is 5.07. The lowest BCUT2D eigenvalue weighted by Crippen LogP contribution is -2.24. The maximum atomic E-state index is 12.5. The Kier molecular flexibility index (Phi) is 2.82. The first-order chi connectivity index (χ1) is 10.3. The summed E-state index contributed by atoms with van der Waals surface area (Å²) >= 11 is 0. The number of rotatable bonds is 2. The molecule has 0 saturated carbocycles. The second-order valence-electron chi connectivity index (χ2n) is 5.07. The van der Waals surface area contributed by atoms with Crippen molar-refractivity contribution in [2.75, 3.05) is 6.61 Å². The summed E-state index contributed by atoms with van der Waals surface area (Å²) in [6, 6.07) is 9.55. The van der Waals surface area contributed by atoms with E-state index in [1.807, 2.05) is 41.1 Å². The monoisotopic (exact) mass is 282 g/mol. The van der Waals surface area contributed by atoms with E-state index in [1.165, 1.54) is 0 Å². The Balaban J connectivity index is 1.76. The van der Waals surface area contributed by atoms with Crippen LogP contribution in [0.1, 0.15) is 11.6 Å². The fourth-order valence-electron chi connectivity index (χ4n) is 2.68. The molecule has 0 N–H and O–H groups in total. The van der Waals surface area contributed by atoms with Gasteiger partial charge in [-0.05, 0) is 17.5 Å². The predicted octanol–water partition coefficient (Wildman–Crippen LogP) is 1.17. The van der Waals surface area contributed by atoms with Gasteiger partial charge in [-0.1, -0.05) is 18.2 Å². The molecule has 21 heavy (non-hydrogen) atoms. The molecule has 2 aromatic heterocycles. The average molecular weight is 282 g/mol. The summed E-state index contributed by atoms with van der Waals surface area (Å²) in [6.45, 7) is 2.31. The van der Waals surface area contributed by atoms with E-state index in [2.05, 4.69) is 10.2 Å². The molecule has 0 saturated heterocycles. The lowest BCUT2D eigenvalue weighted by atomic mass is 10.2. The van der Waals surface area contributed by atoms with Crippen molar-refractivity contribution in [2.24, 2.45) is 0 Å². The SMILES string of the molecule is O=c1c2ccccc2ccn1Cc1nnc2n1CCOC2. The molecule has 106 valence electrons. The zero-order chi connectivity index (χ0) is 14.2. The summed E-state index contributed by atoms with van der Waals surface area (Å²) in [4.78, 5) is 12.5. The number of pyridine rings is 1. The van der Waals surface area contributed by atoms with Crippen LogP contribution in [0.3, 0.4) is 0 Å².